The Morgan fingerprint density at radius 3 is 2.51 bits per heavy atom. The fourth-order valence-corrected chi connectivity index (χ4v) is 10.1. The van der Waals surface area contributed by atoms with Gasteiger partial charge in [0, 0.05) is 61.0 Å². The van der Waals surface area contributed by atoms with E-state index in [9.17, 15) is 19.2 Å². The Balaban J connectivity index is 0.748. The number of hydrogen-bond acceptors (Lipinski definition) is 11. The summed E-state index contributed by atoms with van der Waals surface area (Å²) >= 11 is 6.60. The summed E-state index contributed by atoms with van der Waals surface area (Å²) < 4.78 is 29.9. The van der Waals surface area contributed by atoms with Gasteiger partial charge in [-0.05, 0) is 120 Å². The van der Waals surface area contributed by atoms with Crippen LogP contribution in [-0.2, 0) is 20.9 Å². The maximum absolute atomic E-state index is 16.0. The zero-order chi connectivity index (χ0) is 43.9. The van der Waals surface area contributed by atoms with E-state index in [1.807, 2.05) is 32.0 Å². The van der Waals surface area contributed by atoms with Gasteiger partial charge in [-0.15, -0.1) is 0 Å². The Morgan fingerprint density at radius 1 is 1.00 bits per heavy atom. The Morgan fingerprint density at radius 2 is 1.78 bits per heavy atom. The molecule has 1 atom stereocenters. The Kier molecular flexibility index (Phi) is 12.3. The molecule has 63 heavy (non-hydrogen) atoms. The second-order valence-electron chi connectivity index (χ2n) is 17.8. The average molecular weight is 884 g/mol. The summed E-state index contributed by atoms with van der Waals surface area (Å²) in [6, 6.07) is 10.6. The van der Waals surface area contributed by atoms with Gasteiger partial charge in [-0.3, -0.25) is 19.2 Å². The minimum absolute atomic E-state index is 0.0908. The van der Waals surface area contributed by atoms with Crippen LogP contribution in [0.1, 0.15) is 98.7 Å². The molecular formula is C46H55ClFN9O6. The van der Waals surface area contributed by atoms with Crippen LogP contribution in [0.25, 0.3) is 10.9 Å². The topological polar surface area (TPSA) is 163 Å². The molecule has 0 radical (unpaired) electrons. The predicted octanol–water partition coefficient (Wildman–Crippen LogP) is 5.66. The zero-order valence-corrected chi connectivity index (χ0v) is 36.8. The number of piperidine rings is 3. The van der Waals surface area contributed by atoms with Gasteiger partial charge in [0.2, 0.25) is 11.9 Å². The normalized spacial score (nSPS) is 22.3. The van der Waals surface area contributed by atoms with Crippen molar-refractivity contribution in [3.63, 3.8) is 0 Å². The summed E-state index contributed by atoms with van der Waals surface area (Å²) in [5, 5.41) is 9.80. The smallest absolute Gasteiger partial charge is 0.293 e. The second kappa shape index (κ2) is 18.0. The molecule has 17 heteroatoms. The molecule has 2 aromatic heterocycles. The fourth-order valence-electron chi connectivity index (χ4n) is 9.96. The lowest BCUT2D eigenvalue weighted by atomic mass is 9.83. The van der Waals surface area contributed by atoms with E-state index in [2.05, 4.69) is 30.7 Å². The fraction of sp³-hybridized carbons (Fsp3) is 0.522. The molecule has 4 aliphatic heterocycles. The van der Waals surface area contributed by atoms with Crippen molar-refractivity contribution in [1.82, 2.24) is 35.0 Å². The standard InChI is InChI=1S/C46H55ClFN9O6/c1-26(2)57-37-9-6-29(19-28(37)20-39(45(57)61)62-25-40(58)49-3)52-42-36(47)23-51-46(53-42)55-17-12-31(13-18-55)63-32-21-30(22-32)54-15-10-27(11-16-54)33-7-8-34-35(41(33)48)24-56(44(34)60)38-5-4-14-50-43(38)59/h6-9,19-20,23,26-27,30-32,38H,4-5,10-18,21-22,24-25H2,1-3H3,(H,49,58)(H,50,59)(H,51,52,53). The number of likely N-dealkylation sites (tertiary alicyclic amines) is 1. The van der Waals surface area contributed by atoms with Crippen molar-refractivity contribution >= 4 is 57.7 Å². The van der Waals surface area contributed by atoms with Crippen molar-refractivity contribution in [2.75, 3.05) is 56.6 Å². The summed E-state index contributed by atoms with van der Waals surface area (Å²) in [5.74, 6) is 0.231. The third-order valence-corrected chi connectivity index (χ3v) is 13.8. The van der Waals surface area contributed by atoms with Gasteiger partial charge in [0.05, 0.1) is 30.5 Å². The number of carbonyl (C=O) groups is 3. The van der Waals surface area contributed by atoms with Crippen molar-refractivity contribution in [2.24, 2.45) is 0 Å². The van der Waals surface area contributed by atoms with Crippen LogP contribution in [0.15, 0.2) is 47.4 Å². The Bertz CT molecular complexity index is 2460. The van der Waals surface area contributed by atoms with Crippen LogP contribution < -0.4 is 31.1 Å². The van der Waals surface area contributed by atoms with E-state index in [0.29, 0.717) is 58.2 Å². The van der Waals surface area contributed by atoms with Gasteiger partial charge < -0.3 is 44.7 Å². The molecule has 1 unspecified atom stereocenters. The molecule has 15 nitrogen and oxygen atoms in total. The molecule has 4 aromatic rings. The second-order valence-corrected chi connectivity index (χ2v) is 18.2. The van der Waals surface area contributed by atoms with Crippen LogP contribution in [0.4, 0.5) is 21.8 Å². The number of halogens is 2. The van der Waals surface area contributed by atoms with E-state index in [4.69, 9.17) is 26.1 Å². The highest BCUT2D eigenvalue weighted by Crippen LogP contribution is 2.39. The molecule has 3 saturated heterocycles. The largest absolute Gasteiger partial charge is 0.478 e. The van der Waals surface area contributed by atoms with Crippen molar-refractivity contribution in [3.05, 3.63) is 80.5 Å². The maximum atomic E-state index is 16.0. The molecule has 1 saturated carbocycles. The number of amides is 3. The molecule has 9 rings (SSSR count). The highest BCUT2D eigenvalue weighted by Gasteiger charge is 2.41. The van der Waals surface area contributed by atoms with E-state index in [1.54, 1.807) is 33.9 Å². The molecular weight excluding hydrogens is 829 g/mol. The summed E-state index contributed by atoms with van der Waals surface area (Å²) in [6.07, 6.45) is 8.84. The number of pyridine rings is 1. The molecule has 3 N–H and O–H groups in total. The minimum atomic E-state index is -0.532. The number of nitrogens with one attached hydrogen (secondary N) is 3. The number of benzene rings is 2. The number of anilines is 3. The van der Waals surface area contributed by atoms with Crippen LogP contribution in [0, 0.1) is 5.82 Å². The average Bonchev–Trinajstić information content (AvgIpc) is 3.61. The zero-order valence-electron chi connectivity index (χ0n) is 36.0. The number of rotatable bonds is 12. The molecule has 334 valence electrons. The lowest BCUT2D eigenvalue weighted by molar-refractivity contribution is -0.127. The van der Waals surface area contributed by atoms with Crippen LogP contribution in [0.5, 0.6) is 5.75 Å². The number of hydrogen-bond donors (Lipinski definition) is 3. The molecule has 0 spiro atoms. The van der Waals surface area contributed by atoms with E-state index < -0.39 is 6.04 Å². The maximum Gasteiger partial charge on any atom is 0.293 e. The van der Waals surface area contributed by atoms with E-state index in [-0.39, 0.29) is 72.2 Å². The molecule has 6 heterocycles. The minimum Gasteiger partial charge on any atom is -0.478 e. The van der Waals surface area contributed by atoms with Crippen molar-refractivity contribution in [1.29, 1.82) is 0 Å². The highest BCUT2D eigenvalue weighted by atomic mass is 35.5. The van der Waals surface area contributed by atoms with Gasteiger partial charge in [0.25, 0.3) is 17.4 Å². The number of fused-ring (bicyclic) bond motifs is 2. The molecule has 1 aliphatic carbocycles. The predicted molar refractivity (Wildman–Crippen MR) is 237 cm³/mol. The number of aromatic nitrogens is 3. The first-order valence-corrected chi connectivity index (χ1v) is 22.7. The molecule has 4 fully saturated rings. The monoisotopic (exact) mass is 883 g/mol. The van der Waals surface area contributed by atoms with Gasteiger partial charge >= 0.3 is 0 Å². The Labute approximate surface area is 370 Å². The number of carbonyl (C=O) groups excluding carboxylic acids is 3. The summed E-state index contributed by atoms with van der Waals surface area (Å²) in [7, 11) is 1.51. The number of likely N-dealkylation sites (N-methyl/N-ethyl adjacent to an activating group) is 1. The SMILES string of the molecule is CNC(=O)COc1cc2cc(Nc3nc(N4CCC(OC5CC(N6CCC(c7ccc8c(c7F)CN(C7CCCNC7=O)C8=O)CC6)C5)CC4)ncc3Cl)ccc2n(C(C)C)c1=O. The van der Waals surface area contributed by atoms with Crippen LogP contribution in [-0.4, -0.2) is 113 Å². The van der Waals surface area contributed by atoms with Crippen molar-refractivity contribution < 1.29 is 28.2 Å². The Hall–Kier alpha value is -5.32. The third kappa shape index (κ3) is 8.69. The molecule has 0 bridgehead atoms. The summed E-state index contributed by atoms with van der Waals surface area (Å²) in [4.78, 5) is 66.3. The van der Waals surface area contributed by atoms with Crippen LogP contribution >= 0.6 is 11.6 Å². The first-order valence-electron chi connectivity index (χ1n) is 22.3. The lowest BCUT2D eigenvalue weighted by Crippen LogP contribution is -2.52. The van der Waals surface area contributed by atoms with Gasteiger partial charge in [0.1, 0.15) is 16.9 Å². The quantitative estimate of drug-likeness (QED) is 0.161. The van der Waals surface area contributed by atoms with Gasteiger partial charge in [-0.2, -0.15) is 4.98 Å². The third-order valence-electron chi connectivity index (χ3n) is 13.5. The first-order chi connectivity index (χ1) is 30.4. The number of nitrogens with zero attached hydrogens (tertiary/aromatic N) is 6. The van der Waals surface area contributed by atoms with Crippen LogP contribution in [0.2, 0.25) is 5.02 Å². The summed E-state index contributed by atoms with van der Waals surface area (Å²) in [5.41, 5.74) is 2.66. The molecule has 5 aliphatic rings. The summed E-state index contributed by atoms with van der Waals surface area (Å²) in [6.45, 7) is 7.65. The van der Waals surface area contributed by atoms with Crippen molar-refractivity contribution in [3.8, 4) is 5.75 Å². The molecule has 2 aromatic carbocycles. The van der Waals surface area contributed by atoms with E-state index in [0.717, 1.165) is 82.0 Å². The van der Waals surface area contributed by atoms with E-state index in [1.165, 1.54) is 7.05 Å². The highest BCUT2D eigenvalue weighted by molar-refractivity contribution is 6.33. The van der Waals surface area contributed by atoms with Crippen molar-refractivity contribution in [2.45, 2.75) is 108 Å². The van der Waals surface area contributed by atoms with Crippen LogP contribution in [0.3, 0.4) is 0 Å². The number of ether oxygens (including phenoxy) is 2. The van der Waals surface area contributed by atoms with Gasteiger partial charge in [0.15, 0.2) is 18.2 Å². The lowest BCUT2D eigenvalue weighted by Gasteiger charge is -2.47. The van der Waals surface area contributed by atoms with Gasteiger partial charge in [-0.25, -0.2) is 9.37 Å². The van der Waals surface area contributed by atoms with E-state index >= 15 is 4.39 Å². The molecule has 3 amide bonds. The first kappa shape index (κ1) is 43.0. The van der Waals surface area contributed by atoms with Gasteiger partial charge in [-0.1, -0.05) is 17.7 Å².